The smallest absolute Gasteiger partial charge is 0.180 e. The number of hydrogen-bond acceptors (Lipinski definition) is 3. The Morgan fingerprint density at radius 2 is 1.86 bits per heavy atom. The van der Waals surface area contributed by atoms with Crippen molar-refractivity contribution in [2.75, 3.05) is 0 Å². The highest BCUT2D eigenvalue weighted by molar-refractivity contribution is 9.10. The molecule has 4 nitrogen and oxygen atoms in total. The molecule has 2 rings (SSSR count). The lowest BCUT2D eigenvalue weighted by Crippen LogP contribution is -2.14. The first-order valence-corrected chi connectivity index (χ1v) is 7.11. The predicted molar refractivity (Wildman–Crippen MR) is 80.8 cm³/mol. The number of rotatable bonds is 3. The van der Waals surface area contributed by atoms with Gasteiger partial charge in [-0.15, -0.1) is 0 Å². The van der Waals surface area contributed by atoms with E-state index in [0.717, 1.165) is 0 Å². The second kappa shape index (κ2) is 6.40. The van der Waals surface area contributed by atoms with E-state index in [1.807, 2.05) is 0 Å². The van der Waals surface area contributed by atoms with E-state index in [1.54, 1.807) is 0 Å². The fourth-order valence-electron chi connectivity index (χ4n) is 1.54. The minimum Gasteiger partial charge on any atom is -0.451 e. The Morgan fingerprint density at radius 3 is 2.52 bits per heavy atom. The Labute approximate surface area is 135 Å². The van der Waals surface area contributed by atoms with E-state index in [0.29, 0.717) is 4.47 Å². The van der Waals surface area contributed by atoms with E-state index < -0.39 is 11.6 Å². The lowest BCUT2D eigenvalue weighted by atomic mass is 10.2. The minimum atomic E-state index is -0.793. The Kier molecular flexibility index (Phi) is 4.79. The van der Waals surface area contributed by atoms with Crippen molar-refractivity contribution >= 4 is 37.7 Å². The van der Waals surface area contributed by atoms with Crippen molar-refractivity contribution in [3.05, 3.63) is 56.5 Å². The molecule has 0 spiro atoms. The van der Waals surface area contributed by atoms with Crippen LogP contribution in [0.4, 0.5) is 8.78 Å². The van der Waals surface area contributed by atoms with Crippen LogP contribution in [0.5, 0.6) is 11.5 Å². The molecule has 0 aliphatic rings. The largest absolute Gasteiger partial charge is 0.451 e. The Bertz CT molecular complexity index is 724. The third kappa shape index (κ3) is 3.33. The molecule has 2 aromatic rings. The van der Waals surface area contributed by atoms with Gasteiger partial charge < -0.3 is 15.7 Å². The lowest BCUT2D eigenvalue weighted by Gasteiger charge is -2.11. The molecule has 0 saturated heterocycles. The van der Waals surface area contributed by atoms with Crippen molar-refractivity contribution in [1.29, 1.82) is 0 Å². The maximum Gasteiger partial charge on any atom is 0.180 e. The zero-order valence-corrected chi connectivity index (χ0v) is 13.5. The summed E-state index contributed by atoms with van der Waals surface area (Å²) in [5.41, 5.74) is 5.56. The number of nitrogens with zero attached hydrogens (tertiary/aromatic N) is 1. The van der Waals surface area contributed by atoms with Gasteiger partial charge in [0.1, 0.15) is 0 Å². The summed E-state index contributed by atoms with van der Waals surface area (Å²) in [5, 5.41) is 11.4. The molecule has 0 bridgehead atoms. The molecule has 21 heavy (non-hydrogen) atoms. The molecule has 3 N–H and O–H groups in total. The number of hydrogen-bond donors (Lipinski definition) is 2. The molecule has 0 aliphatic carbocycles. The summed E-state index contributed by atoms with van der Waals surface area (Å²) < 4.78 is 33.5. The number of halogens is 4. The first kappa shape index (κ1) is 15.7. The van der Waals surface area contributed by atoms with Crippen LogP contribution in [-0.4, -0.2) is 11.0 Å². The molecule has 0 amide bonds. The third-order valence-electron chi connectivity index (χ3n) is 2.54. The van der Waals surface area contributed by atoms with E-state index in [1.165, 1.54) is 30.3 Å². The van der Waals surface area contributed by atoms with Crippen molar-refractivity contribution in [2.24, 2.45) is 10.9 Å². The van der Waals surface area contributed by atoms with Crippen LogP contribution >= 0.6 is 31.9 Å². The SMILES string of the molecule is N/C(=N/O)c1ccc(Oc2cc(Br)ccc2F)c(F)c1Br. The zero-order chi connectivity index (χ0) is 15.6. The zero-order valence-electron chi connectivity index (χ0n) is 10.3. The van der Waals surface area contributed by atoms with Gasteiger partial charge in [0, 0.05) is 10.0 Å². The number of amidine groups is 1. The second-order valence-corrected chi connectivity index (χ2v) is 5.61. The Morgan fingerprint density at radius 1 is 1.14 bits per heavy atom. The molecule has 0 radical (unpaired) electrons. The van der Waals surface area contributed by atoms with Crippen LogP contribution < -0.4 is 10.5 Å². The van der Waals surface area contributed by atoms with Crippen molar-refractivity contribution in [3.63, 3.8) is 0 Å². The molecule has 8 heteroatoms. The fourth-order valence-corrected chi connectivity index (χ4v) is 2.41. The van der Waals surface area contributed by atoms with Crippen molar-refractivity contribution in [3.8, 4) is 11.5 Å². The molecule has 0 saturated carbocycles. The average molecular weight is 422 g/mol. The van der Waals surface area contributed by atoms with Crippen LogP contribution in [0, 0.1) is 11.6 Å². The van der Waals surface area contributed by atoms with Crippen LogP contribution in [0.3, 0.4) is 0 Å². The van der Waals surface area contributed by atoms with Crippen molar-refractivity contribution in [1.82, 2.24) is 0 Å². The summed E-state index contributed by atoms with van der Waals surface area (Å²) in [4.78, 5) is 0. The summed E-state index contributed by atoms with van der Waals surface area (Å²) in [5.74, 6) is -2.02. The molecule has 0 heterocycles. The van der Waals surface area contributed by atoms with Crippen LogP contribution in [0.2, 0.25) is 0 Å². The third-order valence-corrected chi connectivity index (χ3v) is 3.81. The van der Waals surface area contributed by atoms with E-state index in [2.05, 4.69) is 37.0 Å². The molecular weight excluding hydrogens is 414 g/mol. The summed E-state index contributed by atoms with van der Waals surface area (Å²) in [6, 6.07) is 6.70. The molecule has 2 aromatic carbocycles. The average Bonchev–Trinajstić information content (AvgIpc) is 2.47. The normalized spacial score (nSPS) is 11.5. The number of nitrogens with two attached hydrogens (primary N) is 1. The highest BCUT2D eigenvalue weighted by Crippen LogP contribution is 2.33. The van der Waals surface area contributed by atoms with Gasteiger partial charge in [-0.25, -0.2) is 8.78 Å². The number of benzene rings is 2. The molecule has 0 aromatic heterocycles. The summed E-state index contributed by atoms with van der Waals surface area (Å²) in [6.45, 7) is 0. The first-order chi connectivity index (χ1) is 9.93. The summed E-state index contributed by atoms with van der Waals surface area (Å²) in [6.07, 6.45) is 0. The van der Waals surface area contributed by atoms with Crippen molar-refractivity contribution in [2.45, 2.75) is 0 Å². The number of ether oxygens (including phenoxy) is 1. The highest BCUT2D eigenvalue weighted by atomic mass is 79.9. The van der Waals surface area contributed by atoms with Gasteiger partial charge in [-0.05, 0) is 46.3 Å². The van der Waals surface area contributed by atoms with E-state index in [4.69, 9.17) is 15.7 Å². The topological polar surface area (TPSA) is 67.8 Å². The minimum absolute atomic E-state index is 0.0503. The summed E-state index contributed by atoms with van der Waals surface area (Å²) >= 11 is 6.16. The van der Waals surface area contributed by atoms with Crippen LogP contribution in [0.15, 0.2) is 44.4 Å². The van der Waals surface area contributed by atoms with Gasteiger partial charge in [0.15, 0.2) is 29.0 Å². The fraction of sp³-hybridized carbons (Fsp3) is 0. The number of oxime groups is 1. The van der Waals surface area contributed by atoms with Gasteiger partial charge in [-0.2, -0.15) is 0 Å². The van der Waals surface area contributed by atoms with Gasteiger partial charge in [0.2, 0.25) is 0 Å². The molecule has 0 atom stereocenters. The van der Waals surface area contributed by atoms with E-state index in [9.17, 15) is 8.78 Å². The first-order valence-electron chi connectivity index (χ1n) is 5.53. The van der Waals surface area contributed by atoms with Crippen LogP contribution in [-0.2, 0) is 0 Å². The van der Waals surface area contributed by atoms with Gasteiger partial charge in [-0.1, -0.05) is 21.1 Å². The summed E-state index contributed by atoms with van der Waals surface area (Å²) in [7, 11) is 0. The Balaban J connectivity index is 2.42. The van der Waals surface area contributed by atoms with Crippen LogP contribution in [0.1, 0.15) is 5.56 Å². The second-order valence-electron chi connectivity index (χ2n) is 3.90. The maximum absolute atomic E-state index is 14.2. The highest BCUT2D eigenvalue weighted by Gasteiger charge is 2.16. The molecule has 0 aliphatic heterocycles. The maximum atomic E-state index is 14.2. The monoisotopic (exact) mass is 420 g/mol. The Hall–Kier alpha value is -1.67. The van der Waals surface area contributed by atoms with Gasteiger partial charge >= 0.3 is 0 Å². The van der Waals surface area contributed by atoms with Crippen LogP contribution in [0.25, 0.3) is 0 Å². The van der Waals surface area contributed by atoms with Gasteiger partial charge in [0.25, 0.3) is 0 Å². The lowest BCUT2D eigenvalue weighted by molar-refractivity contribution is 0.318. The predicted octanol–water partition coefficient (Wildman–Crippen LogP) is 4.38. The standard InChI is InChI=1S/C13H8Br2F2N2O2/c14-6-1-3-8(16)10(5-6)21-9-4-2-7(13(18)19-20)11(15)12(9)17/h1-5,20H,(H2,18,19). The molecular formula is C13H8Br2F2N2O2. The van der Waals surface area contributed by atoms with Crippen molar-refractivity contribution < 1.29 is 18.7 Å². The molecule has 0 unspecified atom stereocenters. The molecule has 0 fully saturated rings. The van der Waals surface area contributed by atoms with E-state index in [-0.39, 0.29) is 27.4 Å². The molecule has 110 valence electrons. The van der Waals surface area contributed by atoms with Gasteiger partial charge in [-0.3, -0.25) is 0 Å². The van der Waals surface area contributed by atoms with E-state index >= 15 is 0 Å². The quantitative estimate of drug-likeness (QED) is 0.334. The van der Waals surface area contributed by atoms with Gasteiger partial charge in [0.05, 0.1) is 4.47 Å².